The Bertz CT molecular complexity index is 644. The van der Waals surface area contributed by atoms with Gasteiger partial charge < -0.3 is 14.6 Å². The molecule has 8 heteroatoms. The first kappa shape index (κ1) is 12.1. The molecule has 0 fully saturated rings. The van der Waals surface area contributed by atoms with Crippen LogP contribution in [0.4, 0.5) is 5.82 Å². The van der Waals surface area contributed by atoms with Crippen LogP contribution in [0, 0.1) is 0 Å². The summed E-state index contributed by atoms with van der Waals surface area (Å²) in [6.07, 6.45) is 1.35. The Morgan fingerprint density at radius 2 is 2.28 bits per heavy atom. The standard InChI is InChI=1S/C10H13N5O3/c1-14(4-6(16)18-3)8-7-9(12-5-11-8)15(2)10(17)13-7/h5H,4H2,1-3H3,(H,13,17). The molecule has 0 bridgehead atoms. The Balaban J connectivity index is 2.48. The highest BCUT2D eigenvalue weighted by atomic mass is 16.5. The molecule has 0 unspecified atom stereocenters. The van der Waals surface area contributed by atoms with Crippen molar-refractivity contribution in [2.75, 3.05) is 25.6 Å². The van der Waals surface area contributed by atoms with E-state index in [0.717, 1.165) is 0 Å². The van der Waals surface area contributed by atoms with Crippen LogP contribution in [0.25, 0.3) is 11.2 Å². The molecule has 0 aliphatic heterocycles. The summed E-state index contributed by atoms with van der Waals surface area (Å²) < 4.78 is 5.96. The van der Waals surface area contributed by atoms with Gasteiger partial charge in [0, 0.05) is 14.1 Å². The molecule has 0 radical (unpaired) electrons. The Kier molecular flexibility index (Phi) is 3.00. The van der Waals surface area contributed by atoms with Gasteiger partial charge >= 0.3 is 11.7 Å². The van der Waals surface area contributed by atoms with Crippen molar-refractivity contribution >= 4 is 23.0 Å². The number of nitrogens with one attached hydrogen (secondary N) is 1. The van der Waals surface area contributed by atoms with Gasteiger partial charge in [-0.15, -0.1) is 0 Å². The number of nitrogens with zero attached hydrogens (tertiary/aromatic N) is 4. The lowest BCUT2D eigenvalue weighted by molar-refractivity contribution is -0.138. The number of methoxy groups -OCH3 is 1. The van der Waals surface area contributed by atoms with Gasteiger partial charge in [0.2, 0.25) is 0 Å². The van der Waals surface area contributed by atoms with E-state index < -0.39 is 0 Å². The Morgan fingerprint density at radius 3 is 2.94 bits per heavy atom. The van der Waals surface area contributed by atoms with Crippen molar-refractivity contribution < 1.29 is 9.53 Å². The molecule has 0 spiro atoms. The van der Waals surface area contributed by atoms with E-state index in [1.165, 1.54) is 18.0 Å². The van der Waals surface area contributed by atoms with E-state index >= 15 is 0 Å². The van der Waals surface area contributed by atoms with Crippen LogP contribution in [-0.2, 0) is 16.6 Å². The van der Waals surface area contributed by atoms with Crippen LogP contribution in [0.15, 0.2) is 11.1 Å². The number of aryl methyl sites for hydroxylation is 1. The maximum absolute atomic E-state index is 11.5. The lowest BCUT2D eigenvalue weighted by atomic mass is 10.4. The molecule has 1 N–H and O–H groups in total. The number of carbonyl (C=O) groups excluding carboxylic acids is 1. The van der Waals surface area contributed by atoms with E-state index in [4.69, 9.17) is 0 Å². The average molecular weight is 251 g/mol. The fraction of sp³-hybridized carbons (Fsp3) is 0.400. The first-order valence-electron chi connectivity index (χ1n) is 5.22. The van der Waals surface area contributed by atoms with Crippen LogP contribution in [-0.4, -0.2) is 46.2 Å². The molecule has 0 atom stereocenters. The number of hydrogen-bond acceptors (Lipinski definition) is 6. The summed E-state index contributed by atoms with van der Waals surface area (Å²) in [6.45, 7) is 0.0412. The number of ether oxygens (including phenoxy) is 1. The smallest absolute Gasteiger partial charge is 0.327 e. The fourth-order valence-electron chi connectivity index (χ4n) is 1.64. The molecule has 8 nitrogen and oxygen atoms in total. The summed E-state index contributed by atoms with van der Waals surface area (Å²) in [5.74, 6) is 0.0886. The first-order chi connectivity index (χ1) is 8.54. The Morgan fingerprint density at radius 1 is 1.56 bits per heavy atom. The van der Waals surface area contributed by atoms with E-state index in [1.807, 2.05) is 0 Å². The number of rotatable bonds is 3. The number of carbonyl (C=O) groups is 1. The van der Waals surface area contributed by atoms with Gasteiger partial charge in [-0.1, -0.05) is 0 Å². The summed E-state index contributed by atoms with van der Waals surface area (Å²) in [5.41, 5.74) is 0.705. The Labute approximate surface area is 102 Å². The van der Waals surface area contributed by atoms with Gasteiger partial charge in [-0.25, -0.2) is 14.8 Å². The molecule has 0 amide bonds. The number of aromatic nitrogens is 4. The maximum Gasteiger partial charge on any atom is 0.327 e. The van der Waals surface area contributed by atoms with Gasteiger partial charge in [0.15, 0.2) is 11.5 Å². The van der Waals surface area contributed by atoms with Gasteiger partial charge in [-0.2, -0.15) is 0 Å². The van der Waals surface area contributed by atoms with Crippen LogP contribution in [0.1, 0.15) is 0 Å². The largest absolute Gasteiger partial charge is 0.468 e. The molecule has 96 valence electrons. The van der Waals surface area contributed by atoms with Crippen molar-refractivity contribution in [2.45, 2.75) is 0 Å². The van der Waals surface area contributed by atoms with Crippen LogP contribution in [0.5, 0.6) is 0 Å². The van der Waals surface area contributed by atoms with Gasteiger partial charge in [-0.05, 0) is 0 Å². The topological polar surface area (TPSA) is 93.1 Å². The third-order valence-corrected chi connectivity index (χ3v) is 2.62. The third-order valence-electron chi connectivity index (χ3n) is 2.62. The lowest BCUT2D eigenvalue weighted by Gasteiger charge is -2.16. The molecule has 2 aromatic heterocycles. The lowest BCUT2D eigenvalue weighted by Crippen LogP contribution is -2.27. The Hall–Kier alpha value is -2.38. The normalized spacial score (nSPS) is 10.6. The SMILES string of the molecule is COC(=O)CN(C)c1ncnc2c1[nH]c(=O)n2C. The number of esters is 1. The number of likely N-dealkylation sites (N-methyl/N-ethyl adjacent to an activating group) is 1. The highest BCUT2D eigenvalue weighted by Crippen LogP contribution is 2.17. The molecule has 2 heterocycles. The third kappa shape index (κ3) is 1.92. The van der Waals surface area contributed by atoms with Gasteiger partial charge in [-0.3, -0.25) is 9.36 Å². The van der Waals surface area contributed by atoms with Crippen LogP contribution in [0.2, 0.25) is 0 Å². The van der Waals surface area contributed by atoms with Crippen LogP contribution < -0.4 is 10.6 Å². The zero-order valence-electron chi connectivity index (χ0n) is 10.3. The van der Waals surface area contributed by atoms with Crippen LogP contribution in [0.3, 0.4) is 0 Å². The molecule has 2 rings (SSSR count). The summed E-state index contributed by atoms with van der Waals surface area (Å²) in [5, 5.41) is 0. The number of H-pyrrole nitrogens is 1. The van der Waals surface area contributed by atoms with Crippen LogP contribution >= 0.6 is 0 Å². The van der Waals surface area contributed by atoms with E-state index in [2.05, 4.69) is 19.7 Å². The first-order valence-corrected chi connectivity index (χ1v) is 5.22. The molecule has 0 aliphatic carbocycles. The number of hydrogen-bond donors (Lipinski definition) is 1. The maximum atomic E-state index is 11.5. The molecule has 0 aliphatic rings. The monoisotopic (exact) mass is 251 g/mol. The quantitative estimate of drug-likeness (QED) is 0.723. The van der Waals surface area contributed by atoms with Gasteiger partial charge in [0.05, 0.1) is 7.11 Å². The van der Waals surface area contributed by atoms with Crippen molar-refractivity contribution in [1.82, 2.24) is 19.5 Å². The fourth-order valence-corrected chi connectivity index (χ4v) is 1.64. The second-order valence-corrected chi connectivity index (χ2v) is 3.82. The summed E-state index contributed by atoms with van der Waals surface area (Å²) >= 11 is 0. The molecule has 0 saturated carbocycles. The average Bonchev–Trinajstić information content (AvgIpc) is 2.65. The second kappa shape index (κ2) is 4.47. The van der Waals surface area contributed by atoms with E-state index in [0.29, 0.717) is 17.0 Å². The van der Waals surface area contributed by atoms with Crippen molar-refractivity contribution in [2.24, 2.45) is 7.05 Å². The van der Waals surface area contributed by atoms with Gasteiger partial charge in [0.1, 0.15) is 18.4 Å². The van der Waals surface area contributed by atoms with Gasteiger partial charge in [0.25, 0.3) is 0 Å². The number of anilines is 1. The number of fused-ring (bicyclic) bond motifs is 1. The van der Waals surface area contributed by atoms with Crippen molar-refractivity contribution in [3.63, 3.8) is 0 Å². The number of imidazole rings is 1. The van der Waals surface area contributed by atoms with Crippen molar-refractivity contribution in [3.05, 3.63) is 16.8 Å². The molecular formula is C10H13N5O3. The molecular weight excluding hydrogens is 238 g/mol. The predicted molar refractivity (Wildman–Crippen MR) is 64.4 cm³/mol. The minimum absolute atomic E-state index is 0.0412. The van der Waals surface area contributed by atoms with E-state index in [9.17, 15) is 9.59 Å². The van der Waals surface area contributed by atoms with Crippen molar-refractivity contribution in [1.29, 1.82) is 0 Å². The zero-order valence-corrected chi connectivity index (χ0v) is 10.3. The molecule has 0 aromatic carbocycles. The minimum atomic E-state index is -0.387. The highest BCUT2D eigenvalue weighted by molar-refractivity contribution is 5.85. The minimum Gasteiger partial charge on any atom is -0.468 e. The summed E-state index contributed by atoms with van der Waals surface area (Å²) in [4.78, 5) is 35.1. The molecule has 18 heavy (non-hydrogen) atoms. The summed E-state index contributed by atoms with van der Waals surface area (Å²) in [7, 11) is 4.61. The second-order valence-electron chi connectivity index (χ2n) is 3.82. The predicted octanol–water partition coefficient (Wildman–Crippen LogP) is -0.734. The zero-order chi connectivity index (χ0) is 13.3. The van der Waals surface area contributed by atoms with E-state index in [-0.39, 0.29) is 18.2 Å². The van der Waals surface area contributed by atoms with E-state index in [1.54, 1.807) is 19.0 Å². The number of aromatic amines is 1. The highest BCUT2D eigenvalue weighted by Gasteiger charge is 2.15. The summed E-state index contributed by atoms with van der Waals surface area (Å²) in [6, 6.07) is 0. The molecule has 2 aromatic rings. The van der Waals surface area contributed by atoms with Crippen molar-refractivity contribution in [3.8, 4) is 0 Å². The molecule has 0 saturated heterocycles.